The van der Waals surface area contributed by atoms with E-state index in [-0.39, 0.29) is 18.2 Å². The van der Waals surface area contributed by atoms with Gasteiger partial charge < -0.3 is 10.3 Å². The molecule has 5 aromatic heterocycles. The number of benzene rings is 1. The van der Waals surface area contributed by atoms with Gasteiger partial charge in [-0.1, -0.05) is 6.07 Å². The van der Waals surface area contributed by atoms with Crippen LogP contribution in [-0.4, -0.2) is 61.6 Å². The van der Waals surface area contributed by atoms with Crippen molar-refractivity contribution in [2.24, 2.45) is 0 Å². The number of H-pyrrole nitrogens is 2. The molecule has 0 spiro atoms. The molecule has 6 aromatic rings. The molecule has 0 radical (unpaired) electrons. The van der Waals surface area contributed by atoms with E-state index in [2.05, 4.69) is 49.3 Å². The Labute approximate surface area is 235 Å². The summed E-state index contributed by atoms with van der Waals surface area (Å²) in [6.45, 7) is 4.13. The summed E-state index contributed by atoms with van der Waals surface area (Å²) in [4.78, 5) is 21.4. The second kappa shape index (κ2) is 10.4. The number of rotatable bonds is 8. The fraction of sp³-hybridized carbons (Fsp3) is 0.207. The van der Waals surface area contributed by atoms with Crippen LogP contribution in [0.3, 0.4) is 0 Å². The van der Waals surface area contributed by atoms with E-state index in [4.69, 9.17) is 4.98 Å². The summed E-state index contributed by atoms with van der Waals surface area (Å²) in [5.74, 6) is -0.0123. The molecule has 208 valence electrons. The Morgan fingerprint density at radius 1 is 0.951 bits per heavy atom. The van der Waals surface area contributed by atoms with E-state index < -0.39 is 15.7 Å². The van der Waals surface area contributed by atoms with Crippen molar-refractivity contribution >= 4 is 37.5 Å². The molecule has 0 bridgehead atoms. The Hall–Kier alpha value is -4.71. The van der Waals surface area contributed by atoms with E-state index in [9.17, 15) is 12.8 Å². The number of fused-ring (bicyclic) bond motifs is 2. The normalized spacial score (nSPS) is 12.0. The van der Waals surface area contributed by atoms with Crippen molar-refractivity contribution in [2.75, 3.05) is 17.3 Å². The van der Waals surface area contributed by atoms with Gasteiger partial charge in [-0.2, -0.15) is 5.10 Å². The molecule has 0 unspecified atom stereocenters. The van der Waals surface area contributed by atoms with E-state index >= 15 is 0 Å². The number of hydrogen-bond acceptors (Lipinski definition) is 8. The minimum Gasteiger partial charge on any atom is -0.382 e. The van der Waals surface area contributed by atoms with Gasteiger partial charge in [0.15, 0.2) is 5.82 Å². The molecule has 5 heterocycles. The molecule has 0 aliphatic heterocycles. The van der Waals surface area contributed by atoms with Gasteiger partial charge in [-0.25, -0.2) is 17.8 Å². The SMILES string of the molecule is CC(C)Nc1cncc(-c2cc3c(-c4nc5c(-c6cc(F)cc(CCS(C)(=O)=O)c6)cncc5[nH]4)n[nH]c3cn2)c1. The molecular weight excluding hydrogens is 543 g/mol. The average molecular weight is 571 g/mol. The summed E-state index contributed by atoms with van der Waals surface area (Å²) < 4.78 is 37.9. The highest BCUT2D eigenvalue weighted by Gasteiger charge is 2.18. The summed E-state index contributed by atoms with van der Waals surface area (Å²) in [5.41, 5.74) is 6.85. The van der Waals surface area contributed by atoms with Crippen LogP contribution in [0, 0.1) is 5.82 Å². The second-order valence-corrected chi connectivity index (χ2v) is 12.6. The van der Waals surface area contributed by atoms with Crippen LogP contribution in [0.15, 0.2) is 61.3 Å². The number of pyridine rings is 3. The predicted molar refractivity (Wildman–Crippen MR) is 158 cm³/mol. The van der Waals surface area contributed by atoms with Crippen molar-refractivity contribution in [3.8, 4) is 33.9 Å². The molecule has 0 fully saturated rings. The van der Waals surface area contributed by atoms with Crippen LogP contribution >= 0.6 is 0 Å². The van der Waals surface area contributed by atoms with Gasteiger partial charge in [0.2, 0.25) is 0 Å². The topological polar surface area (TPSA) is 142 Å². The van der Waals surface area contributed by atoms with Crippen LogP contribution in [0.4, 0.5) is 10.1 Å². The van der Waals surface area contributed by atoms with Gasteiger partial charge in [0.1, 0.15) is 21.3 Å². The molecule has 0 saturated carbocycles. The lowest BCUT2D eigenvalue weighted by atomic mass is 10.0. The standard InChI is InChI=1S/C29H27FN8O2S/c1-16(2)34-21-9-19(11-31-12-21)24-10-22-25(15-33-24)37-38-28(22)29-35-26-14-32-13-23(27(26)36-29)18-6-17(7-20(30)8-18)4-5-41(3,39)40/h6-16,34H,4-5H2,1-3H3,(H,35,36)(H,37,38). The highest BCUT2D eigenvalue weighted by atomic mass is 32.2. The second-order valence-electron chi connectivity index (χ2n) is 10.3. The smallest absolute Gasteiger partial charge is 0.159 e. The maximum absolute atomic E-state index is 14.6. The van der Waals surface area contributed by atoms with Crippen molar-refractivity contribution < 1.29 is 12.8 Å². The first-order valence-electron chi connectivity index (χ1n) is 13.0. The molecule has 3 N–H and O–H groups in total. The number of imidazole rings is 1. The first-order valence-corrected chi connectivity index (χ1v) is 15.1. The third-order valence-corrected chi connectivity index (χ3v) is 7.53. The number of nitrogens with one attached hydrogen (secondary N) is 3. The largest absolute Gasteiger partial charge is 0.382 e. The highest BCUT2D eigenvalue weighted by Crippen LogP contribution is 2.33. The minimum absolute atomic E-state index is 0.0669. The number of aryl methyl sites for hydroxylation is 1. The Kier molecular flexibility index (Phi) is 6.70. The van der Waals surface area contributed by atoms with Crippen LogP contribution in [0.2, 0.25) is 0 Å². The molecule has 0 atom stereocenters. The van der Waals surface area contributed by atoms with Gasteiger partial charge in [-0.05, 0) is 55.7 Å². The highest BCUT2D eigenvalue weighted by molar-refractivity contribution is 7.90. The minimum atomic E-state index is -3.19. The van der Waals surface area contributed by atoms with Gasteiger partial charge in [0.25, 0.3) is 0 Å². The van der Waals surface area contributed by atoms with E-state index in [0.29, 0.717) is 39.2 Å². The fourth-order valence-electron chi connectivity index (χ4n) is 4.76. The van der Waals surface area contributed by atoms with Crippen LogP contribution in [0.1, 0.15) is 19.4 Å². The summed E-state index contributed by atoms with van der Waals surface area (Å²) in [6.07, 6.45) is 9.92. The molecule has 6 rings (SSSR count). The molecule has 41 heavy (non-hydrogen) atoms. The van der Waals surface area contributed by atoms with Gasteiger partial charge in [-0.15, -0.1) is 0 Å². The van der Waals surface area contributed by atoms with Crippen molar-refractivity contribution in [1.82, 2.24) is 35.1 Å². The van der Waals surface area contributed by atoms with E-state index in [0.717, 1.165) is 27.8 Å². The lowest BCUT2D eigenvalue weighted by Crippen LogP contribution is -2.09. The fourth-order valence-corrected chi connectivity index (χ4v) is 5.36. The van der Waals surface area contributed by atoms with Crippen LogP contribution < -0.4 is 5.32 Å². The van der Waals surface area contributed by atoms with Gasteiger partial charge in [0, 0.05) is 47.4 Å². The van der Waals surface area contributed by atoms with Crippen LogP contribution in [0.25, 0.3) is 55.8 Å². The lowest BCUT2D eigenvalue weighted by molar-refractivity contribution is 0.600. The van der Waals surface area contributed by atoms with E-state index in [1.54, 1.807) is 37.1 Å². The average Bonchev–Trinajstić information content (AvgIpc) is 3.54. The zero-order valence-corrected chi connectivity index (χ0v) is 23.4. The zero-order chi connectivity index (χ0) is 28.7. The maximum atomic E-state index is 14.6. The zero-order valence-electron chi connectivity index (χ0n) is 22.6. The molecular formula is C29H27FN8O2S. The number of aromatic nitrogens is 7. The first kappa shape index (κ1) is 26.5. The molecule has 1 aromatic carbocycles. The third-order valence-electron chi connectivity index (χ3n) is 6.59. The molecule has 0 aliphatic carbocycles. The number of halogens is 1. The van der Waals surface area contributed by atoms with Gasteiger partial charge >= 0.3 is 0 Å². The van der Waals surface area contributed by atoms with Crippen molar-refractivity contribution in [3.05, 3.63) is 72.7 Å². The number of sulfone groups is 1. The number of nitrogens with zero attached hydrogens (tertiary/aromatic N) is 5. The van der Waals surface area contributed by atoms with Crippen molar-refractivity contribution in [1.29, 1.82) is 0 Å². The molecule has 10 nitrogen and oxygen atoms in total. The molecule has 12 heteroatoms. The number of anilines is 1. The summed E-state index contributed by atoms with van der Waals surface area (Å²) in [5, 5.41) is 11.7. The predicted octanol–water partition coefficient (Wildman–Crippen LogP) is 5.17. The monoisotopic (exact) mass is 570 g/mol. The summed E-state index contributed by atoms with van der Waals surface area (Å²) >= 11 is 0. The number of hydrogen-bond donors (Lipinski definition) is 3. The molecule has 0 amide bonds. The third kappa shape index (κ3) is 5.64. The number of aromatic amines is 2. The van der Waals surface area contributed by atoms with Crippen molar-refractivity contribution in [3.63, 3.8) is 0 Å². The van der Waals surface area contributed by atoms with Crippen LogP contribution in [0.5, 0.6) is 0 Å². The summed E-state index contributed by atoms with van der Waals surface area (Å²) in [7, 11) is -3.19. The van der Waals surface area contributed by atoms with E-state index in [1.165, 1.54) is 18.4 Å². The van der Waals surface area contributed by atoms with Gasteiger partial charge in [0.05, 0.1) is 46.1 Å². The lowest BCUT2D eigenvalue weighted by Gasteiger charge is -2.10. The van der Waals surface area contributed by atoms with Gasteiger partial charge in [-0.3, -0.25) is 20.1 Å². The quantitative estimate of drug-likeness (QED) is 0.227. The molecule has 0 saturated heterocycles. The Balaban J connectivity index is 1.40. The maximum Gasteiger partial charge on any atom is 0.159 e. The van der Waals surface area contributed by atoms with Crippen molar-refractivity contribution in [2.45, 2.75) is 26.3 Å². The first-order chi connectivity index (χ1) is 19.6. The van der Waals surface area contributed by atoms with E-state index in [1.807, 2.05) is 12.1 Å². The molecule has 0 aliphatic rings. The Morgan fingerprint density at radius 2 is 1.78 bits per heavy atom. The summed E-state index contributed by atoms with van der Waals surface area (Å²) in [6, 6.07) is 8.73. The van der Waals surface area contributed by atoms with Crippen LogP contribution in [-0.2, 0) is 16.3 Å². The Bertz CT molecular complexity index is 2020. The Morgan fingerprint density at radius 3 is 2.59 bits per heavy atom.